The first-order valence-corrected chi connectivity index (χ1v) is 14.2. The van der Waals surface area contributed by atoms with Gasteiger partial charge in [0.15, 0.2) is 16.4 Å². The number of nitrogens with zero attached hydrogens (tertiary/aromatic N) is 3. The van der Waals surface area contributed by atoms with Crippen LogP contribution in [0.3, 0.4) is 0 Å². The minimum absolute atomic E-state index is 0.0199. The van der Waals surface area contributed by atoms with Gasteiger partial charge in [0.25, 0.3) is 5.91 Å². The van der Waals surface area contributed by atoms with Gasteiger partial charge in [0.2, 0.25) is 0 Å². The van der Waals surface area contributed by atoms with Crippen molar-refractivity contribution in [1.29, 1.82) is 5.26 Å². The molecule has 35 heavy (non-hydrogen) atoms. The number of hydrogen-bond donors (Lipinski definition) is 1. The summed E-state index contributed by atoms with van der Waals surface area (Å²) in [6.07, 6.45) is 5.74. The Morgan fingerprint density at radius 1 is 1.40 bits per heavy atom. The van der Waals surface area contributed by atoms with E-state index in [1.54, 1.807) is 6.92 Å². The number of sulfone groups is 1. The lowest BCUT2D eigenvalue weighted by molar-refractivity contribution is -0.142. The van der Waals surface area contributed by atoms with Crippen molar-refractivity contribution in [2.75, 3.05) is 23.4 Å². The van der Waals surface area contributed by atoms with Crippen LogP contribution in [-0.2, 0) is 37.0 Å². The second kappa shape index (κ2) is 10.1. The molecule has 12 heteroatoms. The van der Waals surface area contributed by atoms with Crippen molar-refractivity contribution < 1.29 is 22.7 Å². The van der Waals surface area contributed by atoms with Crippen LogP contribution in [0.25, 0.3) is 6.08 Å². The monoisotopic (exact) mass is 536 g/mol. The summed E-state index contributed by atoms with van der Waals surface area (Å²) in [5.41, 5.74) is 2.53. The topological polar surface area (TPSA) is 131 Å². The lowest BCUT2D eigenvalue weighted by Gasteiger charge is -2.17. The van der Waals surface area contributed by atoms with Gasteiger partial charge < -0.3 is 10.1 Å². The van der Waals surface area contributed by atoms with Crippen LogP contribution >= 0.6 is 22.9 Å². The summed E-state index contributed by atoms with van der Waals surface area (Å²) in [5, 5.41) is 17.3. The van der Waals surface area contributed by atoms with Crippen molar-refractivity contribution in [1.82, 2.24) is 9.78 Å². The lowest BCUT2D eigenvalue weighted by Crippen LogP contribution is -2.20. The molecule has 186 valence electrons. The molecule has 2 atom stereocenters. The van der Waals surface area contributed by atoms with Gasteiger partial charge in [0, 0.05) is 16.5 Å². The number of carbonyl (C=O) groups excluding carboxylic acids is 2. The average Bonchev–Trinajstić information content (AvgIpc) is 3.42. The molecule has 0 spiro atoms. The average molecular weight is 537 g/mol. The van der Waals surface area contributed by atoms with Gasteiger partial charge in [-0.1, -0.05) is 18.5 Å². The Balaban J connectivity index is 1.35. The van der Waals surface area contributed by atoms with Crippen LogP contribution in [0, 0.1) is 24.2 Å². The zero-order valence-electron chi connectivity index (χ0n) is 19.3. The summed E-state index contributed by atoms with van der Waals surface area (Å²) < 4.78 is 30.1. The first-order valence-electron chi connectivity index (χ1n) is 11.2. The number of halogens is 1. The van der Waals surface area contributed by atoms with E-state index in [9.17, 15) is 23.3 Å². The summed E-state index contributed by atoms with van der Waals surface area (Å²) in [7, 11) is -3.10. The SMILES string of the molecule is Cc1nn([C@@H]2CCS(=O)(=O)C2)c(Cl)c1/C=C/C(=O)OCC(=O)Nc1sc2c(c1C#N)CC[C@@H](C)C2. The summed E-state index contributed by atoms with van der Waals surface area (Å²) in [6.45, 7) is 3.37. The third kappa shape index (κ3) is 5.60. The van der Waals surface area contributed by atoms with Crippen LogP contribution in [0.15, 0.2) is 6.08 Å². The number of anilines is 1. The van der Waals surface area contributed by atoms with Crippen LogP contribution < -0.4 is 5.32 Å². The Kier molecular flexibility index (Phi) is 7.35. The van der Waals surface area contributed by atoms with E-state index in [1.165, 1.54) is 22.1 Å². The molecule has 3 heterocycles. The number of thiophene rings is 1. The molecule has 1 aliphatic carbocycles. The van der Waals surface area contributed by atoms with Gasteiger partial charge in [-0.05, 0) is 50.2 Å². The van der Waals surface area contributed by atoms with E-state index in [0.29, 0.717) is 34.2 Å². The number of esters is 1. The minimum atomic E-state index is -3.10. The molecular formula is C23H25ClN4O5S2. The Hall–Kier alpha value is -2.68. The number of aryl methyl sites for hydroxylation is 1. The van der Waals surface area contributed by atoms with E-state index in [0.717, 1.165) is 35.8 Å². The maximum Gasteiger partial charge on any atom is 0.331 e. The second-order valence-corrected chi connectivity index (χ2v) is 12.6. The molecule has 1 fully saturated rings. The predicted molar refractivity (Wildman–Crippen MR) is 133 cm³/mol. The van der Waals surface area contributed by atoms with Crippen LogP contribution in [0.1, 0.15) is 53.1 Å². The van der Waals surface area contributed by atoms with E-state index < -0.39 is 28.3 Å². The van der Waals surface area contributed by atoms with Crippen molar-refractivity contribution in [3.63, 3.8) is 0 Å². The first kappa shape index (κ1) is 25.4. The predicted octanol–water partition coefficient (Wildman–Crippen LogP) is 3.46. The molecule has 0 unspecified atom stereocenters. The highest BCUT2D eigenvalue weighted by atomic mass is 35.5. The second-order valence-electron chi connectivity index (χ2n) is 8.95. The maximum absolute atomic E-state index is 12.3. The summed E-state index contributed by atoms with van der Waals surface area (Å²) in [4.78, 5) is 25.6. The molecule has 0 bridgehead atoms. The molecule has 2 aromatic heterocycles. The molecule has 0 saturated carbocycles. The molecule has 1 saturated heterocycles. The maximum atomic E-state index is 12.3. The van der Waals surface area contributed by atoms with Crippen molar-refractivity contribution in [2.45, 2.75) is 45.6 Å². The Bertz CT molecular complexity index is 1350. The van der Waals surface area contributed by atoms with Crippen LogP contribution in [0.5, 0.6) is 0 Å². The van der Waals surface area contributed by atoms with E-state index in [1.807, 2.05) is 0 Å². The number of ether oxygens (including phenoxy) is 1. The lowest BCUT2D eigenvalue weighted by atomic mass is 9.89. The zero-order valence-corrected chi connectivity index (χ0v) is 21.7. The number of aromatic nitrogens is 2. The number of nitrogens with one attached hydrogen (secondary N) is 1. The first-order chi connectivity index (χ1) is 16.6. The van der Waals surface area contributed by atoms with Crippen molar-refractivity contribution in [3.05, 3.63) is 38.5 Å². The third-order valence-corrected chi connectivity index (χ3v) is 9.53. The fraction of sp³-hybridized carbons (Fsp3) is 0.478. The molecule has 9 nitrogen and oxygen atoms in total. The van der Waals surface area contributed by atoms with E-state index >= 15 is 0 Å². The fourth-order valence-electron chi connectivity index (χ4n) is 4.39. The van der Waals surface area contributed by atoms with Crippen molar-refractivity contribution in [3.8, 4) is 6.07 Å². The number of rotatable bonds is 6. The molecular weight excluding hydrogens is 512 g/mol. The minimum Gasteiger partial charge on any atom is -0.452 e. The molecule has 4 rings (SSSR count). The normalized spacial score (nSPS) is 21.0. The van der Waals surface area contributed by atoms with Gasteiger partial charge in [0.05, 0.1) is 28.8 Å². The summed E-state index contributed by atoms with van der Waals surface area (Å²) in [6, 6.07) is 1.85. The fourth-order valence-corrected chi connectivity index (χ4v) is 7.83. The van der Waals surface area contributed by atoms with E-state index in [4.69, 9.17) is 16.3 Å². The van der Waals surface area contributed by atoms with E-state index in [2.05, 4.69) is 23.4 Å². The van der Waals surface area contributed by atoms with Crippen molar-refractivity contribution in [2.24, 2.45) is 5.92 Å². The highest BCUT2D eigenvalue weighted by Gasteiger charge is 2.32. The van der Waals surface area contributed by atoms with Crippen LogP contribution in [-0.4, -0.2) is 48.2 Å². The van der Waals surface area contributed by atoms with Gasteiger partial charge in [-0.3, -0.25) is 4.79 Å². The highest BCUT2D eigenvalue weighted by molar-refractivity contribution is 7.91. The molecule has 1 N–H and O–H groups in total. The van der Waals surface area contributed by atoms with Crippen LogP contribution in [0.2, 0.25) is 5.15 Å². The van der Waals surface area contributed by atoms with Crippen molar-refractivity contribution >= 4 is 55.7 Å². The summed E-state index contributed by atoms with van der Waals surface area (Å²) in [5.74, 6) is -0.658. The highest BCUT2D eigenvalue weighted by Crippen LogP contribution is 2.39. The molecule has 0 aromatic carbocycles. The Morgan fingerprint density at radius 3 is 2.86 bits per heavy atom. The Labute approximate surface area is 212 Å². The molecule has 1 aliphatic heterocycles. The number of nitriles is 1. The molecule has 2 aliphatic rings. The number of carbonyl (C=O) groups is 2. The van der Waals surface area contributed by atoms with Gasteiger partial charge in [-0.25, -0.2) is 17.9 Å². The molecule has 1 amide bonds. The van der Waals surface area contributed by atoms with E-state index in [-0.39, 0.29) is 22.7 Å². The third-order valence-electron chi connectivity index (χ3n) is 6.23. The largest absolute Gasteiger partial charge is 0.452 e. The van der Waals surface area contributed by atoms with Gasteiger partial charge in [0.1, 0.15) is 16.2 Å². The van der Waals surface area contributed by atoms with Gasteiger partial charge in [-0.2, -0.15) is 10.4 Å². The van der Waals surface area contributed by atoms with Gasteiger partial charge >= 0.3 is 5.97 Å². The standard InChI is InChI=1S/C23H25ClN4O5S2/c1-13-3-4-17-18(10-25)23(34-19(17)9-13)26-20(29)11-33-21(30)6-5-16-14(2)27-28(22(16)24)15-7-8-35(31,32)12-15/h5-6,13,15H,3-4,7-9,11-12H2,1-2H3,(H,26,29)/b6-5+/t13-,15-/m1/s1. The smallest absolute Gasteiger partial charge is 0.331 e. The zero-order chi connectivity index (χ0) is 25.3. The Morgan fingerprint density at radius 2 is 2.17 bits per heavy atom. The number of fused-ring (bicyclic) bond motifs is 1. The number of hydrogen-bond acceptors (Lipinski definition) is 8. The van der Waals surface area contributed by atoms with Crippen LogP contribution in [0.4, 0.5) is 5.00 Å². The molecule has 0 radical (unpaired) electrons. The number of amides is 1. The van der Waals surface area contributed by atoms with Gasteiger partial charge in [-0.15, -0.1) is 11.3 Å². The summed E-state index contributed by atoms with van der Waals surface area (Å²) >= 11 is 7.80. The molecule has 2 aromatic rings. The quantitative estimate of drug-likeness (QED) is 0.441.